The van der Waals surface area contributed by atoms with E-state index in [1.54, 1.807) is 38.1 Å². The molecule has 0 bridgehead atoms. The number of rotatable bonds is 7. The Morgan fingerprint density at radius 1 is 1.00 bits per heavy atom. The summed E-state index contributed by atoms with van der Waals surface area (Å²) in [5.41, 5.74) is 1.46. The number of esters is 1. The van der Waals surface area contributed by atoms with Crippen LogP contribution >= 0.6 is 0 Å². The van der Waals surface area contributed by atoms with Crippen LogP contribution in [0.3, 0.4) is 0 Å². The summed E-state index contributed by atoms with van der Waals surface area (Å²) >= 11 is 0. The van der Waals surface area contributed by atoms with Crippen molar-refractivity contribution in [3.8, 4) is 0 Å². The van der Waals surface area contributed by atoms with E-state index in [1.165, 1.54) is 0 Å². The van der Waals surface area contributed by atoms with Gasteiger partial charge in [0.25, 0.3) is 0 Å². The molecule has 0 spiro atoms. The second-order valence-electron chi connectivity index (χ2n) is 7.12. The number of ether oxygens (including phenoxy) is 4. The first kappa shape index (κ1) is 20.5. The van der Waals surface area contributed by atoms with Crippen LogP contribution in [0.15, 0.2) is 60.7 Å². The lowest BCUT2D eigenvalue weighted by Gasteiger charge is -2.44. The third kappa shape index (κ3) is 5.39. The van der Waals surface area contributed by atoms with Gasteiger partial charge in [-0.2, -0.15) is 0 Å². The Morgan fingerprint density at radius 3 is 2.25 bits per heavy atom. The van der Waals surface area contributed by atoms with Crippen molar-refractivity contribution in [1.29, 1.82) is 0 Å². The van der Waals surface area contributed by atoms with Gasteiger partial charge in [0.15, 0.2) is 5.79 Å². The molecule has 1 fully saturated rings. The van der Waals surface area contributed by atoms with Gasteiger partial charge in [0.1, 0.15) is 24.9 Å². The zero-order valence-electron chi connectivity index (χ0n) is 16.1. The average Bonchev–Trinajstić information content (AvgIpc) is 2.71. The van der Waals surface area contributed by atoms with E-state index in [0.717, 1.165) is 5.56 Å². The highest BCUT2D eigenvalue weighted by Gasteiger charge is 2.44. The predicted molar refractivity (Wildman–Crippen MR) is 103 cm³/mol. The molecule has 0 radical (unpaired) electrons. The molecule has 3 rings (SSSR count). The lowest BCUT2D eigenvalue weighted by atomic mass is 10.1. The Bertz CT molecular complexity index is 746. The minimum Gasteiger partial charge on any atom is -0.459 e. The quantitative estimate of drug-likeness (QED) is 0.738. The fourth-order valence-corrected chi connectivity index (χ4v) is 3.20. The summed E-state index contributed by atoms with van der Waals surface area (Å²) in [6.45, 7) is 3.62. The lowest BCUT2D eigenvalue weighted by Crippen LogP contribution is -2.58. The number of carbonyl (C=O) groups is 1. The first-order chi connectivity index (χ1) is 13.5. The van der Waals surface area contributed by atoms with Crippen LogP contribution in [0.2, 0.25) is 0 Å². The van der Waals surface area contributed by atoms with Crippen molar-refractivity contribution in [3.63, 3.8) is 0 Å². The molecule has 3 atom stereocenters. The van der Waals surface area contributed by atoms with Crippen LogP contribution in [0.1, 0.15) is 29.8 Å². The molecule has 6 nitrogen and oxygen atoms in total. The predicted octanol–water partition coefficient (Wildman–Crippen LogP) is 2.94. The summed E-state index contributed by atoms with van der Waals surface area (Å²) < 4.78 is 23.2. The van der Waals surface area contributed by atoms with Crippen molar-refractivity contribution in [3.05, 3.63) is 71.8 Å². The van der Waals surface area contributed by atoms with E-state index in [-0.39, 0.29) is 13.2 Å². The van der Waals surface area contributed by atoms with Crippen molar-refractivity contribution >= 4 is 5.97 Å². The molecular weight excluding hydrogens is 360 g/mol. The van der Waals surface area contributed by atoms with E-state index in [4.69, 9.17) is 18.9 Å². The van der Waals surface area contributed by atoms with Crippen LogP contribution < -0.4 is 0 Å². The Kier molecular flexibility index (Phi) is 6.80. The molecule has 6 heteroatoms. The van der Waals surface area contributed by atoms with E-state index in [9.17, 15) is 9.90 Å². The first-order valence-electron chi connectivity index (χ1n) is 9.33. The van der Waals surface area contributed by atoms with Gasteiger partial charge in [0, 0.05) is 0 Å². The minimum absolute atomic E-state index is 0.00350. The van der Waals surface area contributed by atoms with Gasteiger partial charge in [0.05, 0.1) is 18.8 Å². The highest BCUT2D eigenvalue weighted by molar-refractivity contribution is 5.89. The molecule has 1 N–H and O–H groups in total. The fourth-order valence-electron chi connectivity index (χ4n) is 3.20. The molecule has 0 amide bonds. The van der Waals surface area contributed by atoms with E-state index in [2.05, 4.69) is 0 Å². The molecule has 0 aromatic heterocycles. The molecule has 1 saturated heterocycles. The van der Waals surface area contributed by atoms with E-state index >= 15 is 0 Å². The summed E-state index contributed by atoms with van der Waals surface area (Å²) in [4.78, 5) is 12.3. The van der Waals surface area contributed by atoms with Gasteiger partial charge < -0.3 is 24.1 Å². The number of aliphatic hydroxyl groups is 1. The van der Waals surface area contributed by atoms with Crippen molar-refractivity contribution < 1.29 is 28.8 Å². The van der Waals surface area contributed by atoms with E-state index < -0.39 is 30.1 Å². The SMILES string of the molecule is CC1(C)O[C@@H](CO)[C@@H](OCc2ccccc2)[C@@H](COC(=O)c2ccccc2)O1. The number of carbonyl (C=O) groups excluding carboxylic acids is 1. The maximum atomic E-state index is 12.3. The summed E-state index contributed by atoms with van der Waals surface area (Å²) in [6.07, 6.45) is -1.74. The van der Waals surface area contributed by atoms with Gasteiger partial charge in [-0.25, -0.2) is 4.79 Å². The molecule has 28 heavy (non-hydrogen) atoms. The largest absolute Gasteiger partial charge is 0.459 e. The van der Waals surface area contributed by atoms with Crippen LogP contribution in [0.25, 0.3) is 0 Å². The van der Waals surface area contributed by atoms with Crippen LogP contribution in [0.5, 0.6) is 0 Å². The van der Waals surface area contributed by atoms with Crippen molar-refractivity contribution in [1.82, 2.24) is 0 Å². The number of hydrogen-bond acceptors (Lipinski definition) is 6. The van der Waals surface area contributed by atoms with Crippen molar-refractivity contribution in [2.75, 3.05) is 13.2 Å². The number of aliphatic hydroxyl groups excluding tert-OH is 1. The van der Waals surface area contributed by atoms with Crippen molar-refractivity contribution in [2.45, 2.75) is 44.6 Å². The Balaban J connectivity index is 1.68. The average molecular weight is 386 g/mol. The Morgan fingerprint density at radius 2 is 1.61 bits per heavy atom. The first-order valence-corrected chi connectivity index (χ1v) is 9.33. The third-order valence-electron chi connectivity index (χ3n) is 4.46. The van der Waals surface area contributed by atoms with Gasteiger partial charge in [0.2, 0.25) is 0 Å². The minimum atomic E-state index is -0.927. The van der Waals surface area contributed by atoms with Crippen LogP contribution in [0.4, 0.5) is 0 Å². The summed E-state index contributed by atoms with van der Waals surface area (Å²) in [7, 11) is 0. The van der Waals surface area contributed by atoms with E-state index in [1.807, 2.05) is 36.4 Å². The normalized spacial score (nSPS) is 23.9. The van der Waals surface area contributed by atoms with E-state index in [0.29, 0.717) is 12.2 Å². The maximum absolute atomic E-state index is 12.3. The standard InChI is InChI=1S/C22H26O6/c1-22(2)27-18(13-23)20(25-14-16-9-5-3-6-10-16)19(28-22)15-26-21(24)17-11-7-4-8-12-17/h3-12,18-20,23H,13-15H2,1-2H3/t18-,19+,20+/m0/s1. The van der Waals surface area contributed by atoms with Crippen LogP contribution in [-0.2, 0) is 25.6 Å². The van der Waals surface area contributed by atoms with Gasteiger partial charge in [-0.15, -0.1) is 0 Å². The third-order valence-corrected chi connectivity index (χ3v) is 4.46. The molecule has 1 aliphatic heterocycles. The topological polar surface area (TPSA) is 74.2 Å². The van der Waals surface area contributed by atoms with Gasteiger partial charge in [-0.1, -0.05) is 48.5 Å². The highest BCUT2D eigenvalue weighted by atomic mass is 16.7. The summed E-state index contributed by atoms with van der Waals surface area (Å²) in [6, 6.07) is 18.5. The highest BCUT2D eigenvalue weighted by Crippen LogP contribution is 2.30. The van der Waals surface area contributed by atoms with Crippen LogP contribution in [-0.4, -0.2) is 48.4 Å². The molecule has 150 valence electrons. The zero-order valence-corrected chi connectivity index (χ0v) is 16.1. The van der Waals surface area contributed by atoms with Crippen molar-refractivity contribution in [2.24, 2.45) is 0 Å². The Hall–Kier alpha value is -2.25. The second kappa shape index (κ2) is 9.30. The van der Waals surface area contributed by atoms with Gasteiger partial charge in [-0.3, -0.25) is 0 Å². The molecule has 0 unspecified atom stereocenters. The molecule has 0 aliphatic carbocycles. The molecule has 2 aromatic rings. The van der Waals surface area contributed by atoms with Gasteiger partial charge in [-0.05, 0) is 31.5 Å². The fraction of sp³-hybridized carbons (Fsp3) is 0.409. The molecule has 1 heterocycles. The molecule has 0 saturated carbocycles. The van der Waals surface area contributed by atoms with Crippen LogP contribution in [0, 0.1) is 0 Å². The molecule has 2 aromatic carbocycles. The zero-order chi connectivity index (χ0) is 20.0. The summed E-state index contributed by atoms with van der Waals surface area (Å²) in [5.74, 6) is -1.36. The number of benzene rings is 2. The monoisotopic (exact) mass is 386 g/mol. The smallest absolute Gasteiger partial charge is 0.338 e. The second-order valence-corrected chi connectivity index (χ2v) is 7.12. The molecular formula is C22H26O6. The van der Waals surface area contributed by atoms with Gasteiger partial charge >= 0.3 is 5.97 Å². The Labute approximate surface area is 165 Å². The number of hydrogen-bond donors (Lipinski definition) is 1. The molecule has 1 aliphatic rings. The lowest BCUT2D eigenvalue weighted by molar-refractivity contribution is -0.346. The summed E-state index contributed by atoms with van der Waals surface area (Å²) in [5, 5.41) is 9.80. The maximum Gasteiger partial charge on any atom is 0.338 e.